The second-order valence-corrected chi connectivity index (χ2v) is 5.30. The molecular weight excluding hydrogens is 262 g/mol. The van der Waals surface area contributed by atoms with Gasteiger partial charge in [0.2, 0.25) is 11.8 Å². The van der Waals surface area contributed by atoms with Crippen LogP contribution in [0.25, 0.3) is 22.6 Å². The summed E-state index contributed by atoms with van der Waals surface area (Å²) in [6.07, 6.45) is 1.84. The predicted octanol–water partition coefficient (Wildman–Crippen LogP) is 4.23. The zero-order chi connectivity index (χ0) is 14.8. The molecule has 3 aromatic rings. The summed E-state index contributed by atoms with van der Waals surface area (Å²) in [4.78, 5) is 4.51. The SMILES string of the molecule is Cc1nnc(-c2cccc(-c3cccnc3C(C)C)c2)o1. The highest BCUT2D eigenvalue weighted by Gasteiger charge is 2.12. The fraction of sp³-hybridized carbons (Fsp3) is 0.235. The first-order chi connectivity index (χ1) is 10.1. The van der Waals surface area contributed by atoms with E-state index in [1.165, 1.54) is 0 Å². The normalized spacial score (nSPS) is 11.0. The minimum atomic E-state index is 0.371. The van der Waals surface area contributed by atoms with Gasteiger partial charge in [-0.25, -0.2) is 0 Å². The van der Waals surface area contributed by atoms with E-state index in [0.717, 1.165) is 22.4 Å². The Bertz CT molecular complexity index is 762. The molecule has 0 N–H and O–H groups in total. The zero-order valence-electron chi connectivity index (χ0n) is 12.4. The molecule has 0 bridgehead atoms. The Balaban J connectivity index is 2.08. The molecule has 0 fully saturated rings. The van der Waals surface area contributed by atoms with Crippen LogP contribution in [0.1, 0.15) is 31.4 Å². The van der Waals surface area contributed by atoms with Crippen molar-refractivity contribution in [3.8, 4) is 22.6 Å². The van der Waals surface area contributed by atoms with E-state index in [2.05, 4.69) is 47.2 Å². The quantitative estimate of drug-likeness (QED) is 0.720. The van der Waals surface area contributed by atoms with Gasteiger partial charge in [-0.2, -0.15) is 0 Å². The molecular formula is C17H17N3O. The fourth-order valence-corrected chi connectivity index (χ4v) is 2.35. The molecule has 4 nitrogen and oxygen atoms in total. The molecule has 0 saturated heterocycles. The van der Waals surface area contributed by atoms with Crippen molar-refractivity contribution in [1.29, 1.82) is 0 Å². The number of hydrogen-bond acceptors (Lipinski definition) is 4. The van der Waals surface area contributed by atoms with Crippen molar-refractivity contribution in [2.75, 3.05) is 0 Å². The lowest BCUT2D eigenvalue weighted by molar-refractivity contribution is 0.533. The first-order valence-electron chi connectivity index (χ1n) is 7.01. The van der Waals surface area contributed by atoms with Gasteiger partial charge in [0.25, 0.3) is 0 Å². The van der Waals surface area contributed by atoms with Crippen LogP contribution in [0.15, 0.2) is 47.0 Å². The van der Waals surface area contributed by atoms with Gasteiger partial charge in [0.15, 0.2) is 0 Å². The Hall–Kier alpha value is -2.49. The van der Waals surface area contributed by atoms with E-state index < -0.39 is 0 Å². The molecule has 0 aliphatic rings. The van der Waals surface area contributed by atoms with Crippen LogP contribution in [0, 0.1) is 6.92 Å². The van der Waals surface area contributed by atoms with Crippen molar-refractivity contribution in [2.45, 2.75) is 26.7 Å². The highest BCUT2D eigenvalue weighted by atomic mass is 16.4. The minimum absolute atomic E-state index is 0.371. The summed E-state index contributed by atoms with van der Waals surface area (Å²) in [7, 11) is 0. The molecule has 0 saturated carbocycles. The maximum atomic E-state index is 5.50. The molecule has 21 heavy (non-hydrogen) atoms. The highest BCUT2D eigenvalue weighted by molar-refractivity contribution is 5.71. The topological polar surface area (TPSA) is 51.8 Å². The molecule has 0 amide bonds. The standard InChI is InChI=1S/C17H17N3O/c1-11(2)16-15(8-5-9-18-16)13-6-4-7-14(10-13)17-20-19-12(3)21-17/h4-11H,1-3H3. The van der Waals surface area contributed by atoms with E-state index in [0.29, 0.717) is 17.7 Å². The molecule has 0 atom stereocenters. The summed E-state index contributed by atoms with van der Waals surface area (Å²) in [5, 5.41) is 7.96. The number of pyridine rings is 1. The molecule has 0 spiro atoms. The first-order valence-corrected chi connectivity index (χ1v) is 7.01. The van der Waals surface area contributed by atoms with Gasteiger partial charge in [0, 0.05) is 24.2 Å². The summed E-state index contributed by atoms with van der Waals surface area (Å²) < 4.78 is 5.50. The van der Waals surface area contributed by atoms with Gasteiger partial charge in [-0.15, -0.1) is 10.2 Å². The van der Waals surface area contributed by atoms with Crippen molar-refractivity contribution in [2.24, 2.45) is 0 Å². The molecule has 106 valence electrons. The molecule has 4 heteroatoms. The molecule has 0 aliphatic heterocycles. The number of aromatic nitrogens is 3. The minimum Gasteiger partial charge on any atom is -0.421 e. The number of aryl methyl sites for hydroxylation is 1. The fourth-order valence-electron chi connectivity index (χ4n) is 2.35. The summed E-state index contributed by atoms with van der Waals surface area (Å²) in [5.41, 5.74) is 4.27. The third kappa shape index (κ3) is 2.70. The van der Waals surface area contributed by atoms with E-state index in [-0.39, 0.29) is 0 Å². The molecule has 0 aliphatic carbocycles. The number of nitrogens with zero attached hydrogens (tertiary/aromatic N) is 3. The highest BCUT2D eigenvalue weighted by Crippen LogP contribution is 2.30. The summed E-state index contributed by atoms with van der Waals surface area (Å²) in [6, 6.07) is 12.2. The summed E-state index contributed by atoms with van der Waals surface area (Å²) in [5.74, 6) is 1.49. The van der Waals surface area contributed by atoms with Gasteiger partial charge >= 0.3 is 0 Å². The van der Waals surface area contributed by atoms with Gasteiger partial charge < -0.3 is 4.42 Å². The smallest absolute Gasteiger partial charge is 0.247 e. The van der Waals surface area contributed by atoms with Gasteiger partial charge in [0.1, 0.15) is 0 Å². The van der Waals surface area contributed by atoms with Crippen molar-refractivity contribution in [3.63, 3.8) is 0 Å². The molecule has 0 unspecified atom stereocenters. The van der Waals surface area contributed by atoms with Crippen LogP contribution in [-0.4, -0.2) is 15.2 Å². The van der Waals surface area contributed by atoms with Gasteiger partial charge in [0.05, 0.1) is 5.69 Å². The molecule has 1 aromatic carbocycles. The van der Waals surface area contributed by atoms with Crippen molar-refractivity contribution in [3.05, 3.63) is 54.2 Å². The summed E-state index contributed by atoms with van der Waals surface area (Å²) in [6.45, 7) is 6.09. The van der Waals surface area contributed by atoms with Crippen molar-refractivity contribution in [1.82, 2.24) is 15.2 Å². The maximum absolute atomic E-state index is 5.50. The largest absolute Gasteiger partial charge is 0.421 e. The second kappa shape index (κ2) is 5.48. The number of rotatable bonds is 3. The van der Waals surface area contributed by atoms with Crippen LogP contribution >= 0.6 is 0 Å². The van der Waals surface area contributed by atoms with Crippen LogP contribution in [-0.2, 0) is 0 Å². The zero-order valence-corrected chi connectivity index (χ0v) is 12.4. The average Bonchev–Trinajstić information content (AvgIpc) is 2.94. The number of hydrogen-bond donors (Lipinski definition) is 0. The van der Waals surface area contributed by atoms with Gasteiger partial charge in [-0.05, 0) is 29.7 Å². The second-order valence-electron chi connectivity index (χ2n) is 5.30. The lowest BCUT2D eigenvalue weighted by Crippen LogP contribution is -1.96. The lowest BCUT2D eigenvalue weighted by atomic mass is 9.96. The van der Waals surface area contributed by atoms with E-state index in [4.69, 9.17) is 4.42 Å². The molecule has 2 heterocycles. The Morgan fingerprint density at radius 3 is 2.52 bits per heavy atom. The predicted molar refractivity (Wildman–Crippen MR) is 81.8 cm³/mol. The molecule has 2 aromatic heterocycles. The van der Waals surface area contributed by atoms with Crippen LogP contribution < -0.4 is 0 Å². The average molecular weight is 279 g/mol. The van der Waals surface area contributed by atoms with E-state index in [1.807, 2.05) is 24.4 Å². The Morgan fingerprint density at radius 1 is 1.00 bits per heavy atom. The van der Waals surface area contributed by atoms with E-state index >= 15 is 0 Å². The molecule has 0 radical (unpaired) electrons. The van der Waals surface area contributed by atoms with Crippen molar-refractivity contribution >= 4 is 0 Å². The molecule has 3 rings (SSSR count). The Kier molecular flexibility index (Phi) is 3.52. The maximum Gasteiger partial charge on any atom is 0.247 e. The van der Waals surface area contributed by atoms with Gasteiger partial charge in [-0.1, -0.05) is 32.0 Å². The van der Waals surface area contributed by atoms with Crippen LogP contribution in [0.2, 0.25) is 0 Å². The first kappa shape index (κ1) is 13.5. The Labute approximate surface area is 123 Å². The van der Waals surface area contributed by atoms with Crippen LogP contribution in [0.5, 0.6) is 0 Å². The van der Waals surface area contributed by atoms with Gasteiger partial charge in [-0.3, -0.25) is 4.98 Å². The number of benzene rings is 1. The van der Waals surface area contributed by atoms with E-state index in [9.17, 15) is 0 Å². The van der Waals surface area contributed by atoms with Crippen molar-refractivity contribution < 1.29 is 4.42 Å². The van der Waals surface area contributed by atoms with Crippen LogP contribution in [0.4, 0.5) is 0 Å². The summed E-state index contributed by atoms with van der Waals surface area (Å²) >= 11 is 0. The lowest BCUT2D eigenvalue weighted by Gasteiger charge is -2.11. The third-order valence-electron chi connectivity index (χ3n) is 3.33. The Morgan fingerprint density at radius 2 is 1.81 bits per heavy atom. The monoisotopic (exact) mass is 279 g/mol. The van der Waals surface area contributed by atoms with E-state index in [1.54, 1.807) is 6.92 Å². The van der Waals surface area contributed by atoms with Crippen LogP contribution in [0.3, 0.4) is 0 Å². The third-order valence-corrected chi connectivity index (χ3v) is 3.33.